The smallest absolute Gasteiger partial charge is 0.133 e. The average molecular weight is 256 g/mol. The number of anilines is 4. The standard InChI is InChI=1S/C14H16N4O/c15-10-5-6-14(17-7-10)18(11-8-19-9-11)13-4-2-1-3-12(13)16/h1-7,11H,8-9,15-16H2. The van der Waals surface area contributed by atoms with E-state index < -0.39 is 0 Å². The molecule has 1 aliphatic heterocycles. The highest BCUT2D eigenvalue weighted by Crippen LogP contribution is 2.33. The van der Waals surface area contributed by atoms with E-state index >= 15 is 0 Å². The Bertz CT molecular complexity index is 566. The first kappa shape index (κ1) is 11.8. The molecule has 0 amide bonds. The lowest BCUT2D eigenvalue weighted by molar-refractivity contribution is 0.0121. The highest BCUT2D eigenvalue weighted by atomic mass is 16.5. The summed E-state index contributed by atoms with van der Waals surface area (Å²) < 4.78 is 5.29. The minimum atomic E-state index is 0.265. The van der Waals surface area contributed by atoms with Crippen molar-refractivity contribution in [3.05, 3.63) is 42.6 Å². The number of benzene rings is 1. The molecule has 3 rings (SSSR count). The van der Waals surface area contributed by atoms with Gasteiger partial charge in [0.05, 0.1) is 42.5 Å². The van der Waals surface area contributed by atoms with Crippen molar-refractivity contribution in [3.63, 3.8) is 0 Å². The molecular formula is C14H16N4O. The highest BCUT2D eigenvalue weighted by molar-refractivity contribution is 5.74. The van der Waals surface area contributed by atoms with Gasteiger partial charge in [0.2, 0.25) is 0 Å². The van der Waals surface area contributed by atoms with Gasteiger partial charge in [0.15, 0.2) is 0 Å². The van der Waals surface area contributed by atoms with Crippen LogP contribution in [0.3, 0.4) is 0 Å². The number of para-hydroxylation sites is 2. The molecule has 0 bridgehead atoms. The van der Waals surface area contributed by atoms with Crippen molar-refractivity contribution >= 4 is 22.9 Å². The number of nitrogens with zero attached hydrogens (tertiary/aromatic N) is 2. The van der Waals surface area contributed by atoms with Crippen LogP contribution in [0.25, 0.3) is 0 Å². The van der Waals surface area contributed by atoms with Crippen LogP contribution in [0.2, 0.25) is 0 Å². The van der Waals surface area contributed by atoms with E-state index in [1.165, 1.54) is 0 Å². The quantitative estimate of drug-likeness (QED) is 0.818. The second kappa shape index (κ2) is 4.78. The Morgan fingerprint density at radius 3 is 2.47 bits per heavy atom. The van der Waals surface area contributed by atoms with Crippen molar-refractivity contribution in [3.8, 4) is 0 Å². The van der Waals surface area contributed by atoms with Crippen LogP contribution in [-0.2, 0) is 4.74 Å². The lowest BCUT2D eigenvalue weighted by Crippen LogP contribution is -2.47. The molecule has 2 heterocycles. The fourth-order valence-electron chi connectivity index (χ4n) is 2.13. The molecule has 1 saturated heterocycles. The molecule has 2 aromatic rings. The Hall–Kier alpha value is -2.27. The number of rotatable bonds is 3. The molecule has 0 aliphatic carbocycles. The first-order chi connectivity index (χ1) is 9.25. The summed E-state index contributed by atoms with van der Waals surface area (Å²) in [7, 11) is 0. The highest BCUT2D eigenvalue weighted by Gasteiger charge is 2.29. The summed E-state index contributed by atoms with van der Waals surface area (Å²) in [5.41, 5.74) is 14.1. The number of hydrogen-bond acceptors (Lipinski definition) is 5. The maximum atomic E-state index is 6.07. The fraction of sp³-hybridized carbons (Fsp3) is 0.214. The van der Waals surface area contributed by atoms with Gasteiger partial charge in [-0.15, -0.1) is 0 Å². The predicted molar refractivity (Wildman–Crippen MR) is 76.2 cm³/mol. The summed E-state index contributed by atoms with van der Waals surface area (Å²) in [5.74, 6) is 0.834. The lowest BCUT2D eigenvalue weighted by atomic mass is 10.1. The molecule has 0 unspecified atom stereocenters. The Balaban J connectivity index is 2.02. The van der Waals surface area contributed by atoms with E-state index in [1.54, 1.807) is 6.20 Å². The van der Waals surface area contributed by atoms with Crippen LogP contribution in [0.15, 0.2) is 42.6 Å². The minimum Gasteiger partial charge on any atom is -0.397 e. The second-order valence-corrected chi connectivity index (χ2v) is 4.57. The van der Waals surface area contributed by atoms with Crippen LogP contribution in [-0.4, -0.2) is 24.2 Å². The van der Waals surface area contributed by atoms with Crippen LogP contribution in [0.1, 0.15) is 0 Å². The maximum Gasteiger partial charge on any atom is 0.133 e. The molecule has 19 heavy (non-hydrogen) atoms. The SMILES string of the molecule is Nc1ccc(N(c2ccccc2N)C2COC2)nc1. The van der Waals surface area contributed by atoms with Gasteiger partial charge < -0.3 is 21.1 Å². The summed E-state index contributed by atoms with van der Waals surface area (Å²) in [5, 5.41) is 0. The van der Waals surface area contributed by atoms with E-state index in [4.69, 9.17) is 16.2 Å². The van der Waals surface area contributed by atoms with Crippen LogP contribution >= 0.6 is 0 Å². The average Bonchev–Trinajstić information content (AvgIpc) is 2.36. The van der Waals surface area contributed by atoms with Crippen molar-refractivity contribution in [1.82, 2.24) is 4.98 Å². The van der Waals surface area contributed by atoms with Gasteiger partial charge in [-0.25, -0.2) is 4.98 Å². The van der Waals surface area contributed by atoms with Gasteiger partial charge in [0.1, 0.15) is 5.82 Å². The first-order valence-corrected chi connectivity index (χ1v) is 6.19. The normalized spacial score (nSPS) is 14.9. The summed E-state index contributed by atoms with van der Waals surface area (Å²) in [6, 6.07) is 11.8. The van der Waals surface area contributed by atoms with E-state index in [-0.39, 0.29) is 6.04 Å². The Morgan fingerprint density at radius 2 is 1.89 bits per heavy atom. The topological polar surface area (TPSA) is 77.4 Å². The second-order valence-electron chi connectivity index (χ2n) is 4.57. The van der Waals surface area contributed by atoms with Gasteiger partial charge in [0.25, 0.3) is 0 Å². The molecule has 0 saturated carbocycles. The van der Waals surface area contributed by atoms with Crippen LogP contribution in [0.5, 0.6) is 0 Å². The Kier molecular flexibility index (Phi) is 2.97. The summed E-state index contributed by atoms with van der Waals surface area (Å²) in [4.78, 5) is 6.50. The number of hydrogen-bond donors (Lipinski definition) is 2. The molecular weight excluding hydrogens is 240 g/mol. The monoisotopic (exact) mass is 256 g/mol. The minimum absolute atomic E-state index is 0.265. The lowest BCUT2D eigenvalue weighted by Gasteiger charge is -2.38. The van der Waals surface area contributed by atoms with Gasteiger partial charge in [-0.05, 0) is 24.3 Å². The molecule has 0 radical (unpaired) electrons. The number of nitrogens with two attached hydrogens (primary N) is 2. The van der Waals surface area contributed by atoms with Crippen LogP contribution in [0, 0.1) is 0 Å². The third-order valence-electron chi connectivity index (χ3n) is 3.20. The molecule has 1 aliphatic rings. The molecule has 1 aromatic carbocycles. The van der Waals surface area contributed by atoms with Crippen molar-refractivity contribution in [2.24, 2.45) is 0 Å². The number of nitrogen functional groups attached to an aromatic ring is 2. The number of pyridine rings is 1. The molecule has 1 fully saturated rings. The maximum absolute atomic E-state index is 6.07. The van der Waals surface area contributed by atoms with Gasteiger partial charge in [-0.1, -0.05) is 12.1 Å². The number of aromatic nitrogens is 1. The molecule has 5 nitrogen and oxygen atoms in total. The largest absolute Gasteiger partial charge is 0.397 e. The van der Waals surface area contributed by atoms with Crippen molar-refractivity contribution in [1.29, 1.82) is 0 Å². The summed E-state index contributed by atoms with van der Waals surface area (Å²) in [6.07, 6.45) is 1.65. The molecule has 0 atom stereocenters. The third-order valence-corrected chi connectivity index (χ3v) is 3.20. The molecule has 4 N–H and O–H groups in total. The van der Waals surface area contributed by atoms with Crippen molar-refractivity contribution < 1.29 is 4.74 Å². The zero-order chi connectivity index (χ0) is 13.2. The molecule has 1 aromatic heterocycles. The Labute approximate surface area is 111 Å². The van der Waals surface area contributed by atoms with Gasteiger partial charge in [-0.2, -0.15) is 0 Å². The summed E-state index contributed by atoms with van der Waals surface area (Å²) in [6.45, 7) is 1.36. The predicted octanol–water partition coefficient (Wildman–Crippen LogP) is 1.78. The first-order valence-electron chi connectivity index (χ1n) is 6.19. The van der Waals surface area contributed by atoms with Crippen LogP contribution < -0.4 is 16.4 Å². The number of ether oxygens (including phenoxy) is 1. The zero-order valence-corrected chi connectivity index (χ0v) is 10.5. The molecule has 98 valence electrons. The van der Waals surface area contributed by atoms with E-state index in [1.807, 2.05) is 36.4 Å². The zero-order valence-electron chi connectivity index (χ0n) is 10.5. The van der Waals surface area contributed by atoms with Crippen molar-refractivity contribution in [2.45, 2.75) is 6.04 Å². The van der Waals surface area contributed by atoms with Crippen LogP contribution in [0.4, 0.5) is 22.9 Å². The van der Waals surface area contributed by atoms with E-state index in [0.29, 0.717) is 18.9 Å². The van der Waals surface area contributed by atoms with Gasteiger partial charge in [-0.3, -0.25) is 0 Å². The van der Waals surface area contributed by atoms with E-state index in [9.17, 15) is 0 Å². The van der Waals surface area contributed by atoms with Crippen molar-refractivity contribution in [2.75, 3.05) is 29.6 Å². The van der Waals surface area contributed by atoms with Gasteiger partial charge >= 0.3 is 0 Å². The summed E-state index contributed by atoms with van der Waals surface area (Å²) >= 11 is 0. The fourth-order valence-corrected chi connectivity index (χ4v) is 2.13. The van der Waals surface area contributed by atoms with E-state index in [0.717, 1.165) is 17.2 Å². The van der Waals surface area contributed by atoms with E-state index in [2.05, 4.69) is 9.88 Å². The molecule has 5 heteroatoms. The third kappa shape index (κ3) is 2.20. The Morgan fingerprint density at radius 1 is 1.11 bits per heavy atom. The van der Waals surface area contributed by atoms with Gasteiger partial charge in [0, 0.05) is 0 Å². The molecule has 0 spiro atoms.